The Hall–Kier alpha value is -3.81. The minimum atomic E-state index is 0.137. The molecule has 8 nitrogen and oxygen atoms in total. The second-order valence-electron chi connectivity index (χ2n) is 8.87. The highest BCUT2D eigenvalue weighted by molar-refractivity contribution is 5.73. The van der Waals surface area contributed by atoms with Gasteiger partial charge in [0.05, 0.1) is 17.6 Å². The first-order valence-corrected chi connectivity index (χ1v) is 11.7. The Labute approximate surface area is 199 Å². The van der Waals surface area contributed by atoms with E-state index in [4.69, 9.17) is 9.97 Å². The highest BCUT2D eigenvalue weighted by atomic mass is 16.2. The molecule has 5 rings (SSSR count). The van der Waals surface area contributed by atoms with Gasteiger partial charge in [0.1, 0.15) is 5.82 Å². The van der Waals surface area contributed by atoms with Gasteiger partial charge in [0, 0.05) is 69.1 Å². The molecule has 174 valence electrons. The third-order valence-corrected chi connectivity index (χ3v) is 6.49. The van der Waals surface area contributed by atoms with Gasteiger partial charge in [-0.25, -0.2) is 4.98 Å². The second kappa shape index (κ2) is 9.21. The van der Waals surface area contributed by atoms with Crippen molar-refractivity contribution in [3.63, 3.8) is 0 Å². The number of nitrogens with zero attached hydrogens (tertiary/aromatic N) is 7. The van der Waals surface area contributed by atoms with Crippen molar-refractivity contribution in [1.82, 2.24) is 29.2 Å². The lowest BCUT2D eigenvalue weighted by Gasteiger charge is -2.35. The van der Waals surface area contributed by atoms with Gasteiger partial charge < -0.3 is 9.80 Å². The zero-order chi connectivity index (χ0) is 23.7. The number of piperazine rings is 1. The number of rotatable bonds is 5. The molecule has 4 aromatic heterocycles. The molecule has 1 saturated heterocycles. The van der Waals surface area contributed by atoms with Crippen LogP contribution in [0.2, 0.25) is 0 Å². The molecular formula is C26H29N7O. The fraction of sp³-hybridized carbons (Fsp3) is 0.346. The van der Waals surface area contributed by atoms with Crippen LogP contribution in [0.4, 0.5) is 5.82 Å². The van der Waals surface area contributed by atoms with Crippen molar-refractivity contribution in [1.29, 1.82) is 0 Å². The standard InChI is InChI=1S/C26H29N7O/c1-18-14-21(16-29-25(18)22-6-7-27-19(2)15-22)4-5-23-26-30-17-24(33(26)9-8-28-23)32-12-10-31(11-13-32)20(3)34/h6-9,14-17H,4-5,10-13H2,1-3H3. The number of hydrogen-bond donors (Lipinski definition) is 0. The number of carbonyl (C=O) groups is 1. The summed E-state index contributed by atoms with van der Waals surface area (Å²) in [5.74, 6) is 1.19. The monoisotopic (exact) mass is 455 g/mol. The molecule has 5 heterocycles. The van der Waals surface area contributed by atoms with E-state index in [2.05, 4.69) is 38.3 Å². The summed E-state index contributed by atoms with van der Waals surface area (Å²) >= 11 is 0. The normalized spacial score (nSPS) is 14.1. The quantitative estimate of drug-likeness (QED) is 0.460. The maximum atomic E-state index is 11.6. The molecule has 1 aliphatic heterocycles. The predicted octanol–water partition coefficient (Wildman–Crippen LogP) is 3.26. The Morgan fingerprint density at radius 2 is 1.76 bits per heavy atom. The van der Waals surface area contributed by atoms with E-state index in [0.717, 1.165) is 78.7 Å². The van der Waals surface area contributed by atoms with Gasteiger partial charge in [-0.3, -0.25) is 24.1 Å². The highest BCUT2D eigenvalue weighted by Gasteiger charge is 2.21. The molecule has 4 aromatic rings. The van der Waals surface area contributed by atoms with Gasteiger partial charge in [-0.2, -0.15) is 0 Å². The largest absolute Gasteiger partial charge is 0.353 e. The summed E-state index contributed by atoms with van der Waals surface area (Å²) in [6, 6.07) is 6.28. The molecule has 0 N–H and O–H groups in total. The zero-order valence-corrected chi connectivity index (χ0v) is 19.9. The lowest BCUT2D eigenvalue weighted by Crippen LogP contribution is -2.48. The number of aromatic nitrogens is 5. The summed E-state index contributed by atoms with van der Waals surface area (Å²) in [4.78, 5) is 34.2. The van der Waals surface area contributed by atoms with E-state index in [1.807, 2.05) is 48.9 Å². The van der Waals surface area contributed by atoms with Crippen LogP contribution in [-0.4, -0.2) is 61.3 Å². The van der Waals surface area contributed by atoms with Gasteiger partial charge in [-0.05, 0) is 49.9 Å². The summed E-state index contributed by atoms with van der Waals surface area (Å²) in [5, 5.41) is 0. The van der Waals surface area contributed by atoms with Crippen LogP contribution < -0.4 is 4.90 Å². The van der Waals surface area contributed by atoms with E-state index in [9.17, 15) is 4.79 Å². The Morgan fingerprint density at radius 3 is 2.50 bits per heavy atom. The molecule has 1 amide bonds. The van der Waals surface area contributed by atoms with E-state index in [-0.39, 0.29) is 5.91 Å². The first-order valence-electron chi connectivity index (χ1n) is 11.7. The minimum absolute atomic E-state index is 0.137. The zero-order valence-electron chi connectivity index (χ0n) is 19.9. The molecule has 0 radical (unpaired) electrons. The highest BCUT2D eigenvalue weighted by Crippen LogP contribution is 2.24. The van der Waals surface area contributed by atoms with Crippen LogP contribution in [0.25, 0.3) is 16.9 Å². The van der Waals surface area contributed by atoms with Crippen molar-refractivity contribution in [2.24, 2.45) is 0 Å². The van der Waals surface area contributed by atoms with Crippen molar-refractivity contribution in [3.05, 3.63) is 71.7 Å². The minimum Gasteiger partial charge on any atom is -0.353 e. The Balaban J connectivity index is 1.31. The van der Waals surface area contributed by atoms with Crippen LogP contribution in [0.1, 0.15) is 29.4 Å². The lowest BCUT2D eigenvalue weighted by atomic mass is 10.0. The van der Waals surface area contributed by atoms with Gasteiger partial charge in [-0.15, -0.1) is 0 Å². The van der Waals surface area contributed by atoms with E-state index < -0.39 is 0 Å². The third kappa shape index (κ3) is 4.35. The molecule has 1 fully saturated rings. The van der Waals surface area contributed by atoms with Crippen LogP contribution in [0, 0.1) is 13.8 Å². The fourth-order valence-electron chi connectivity index (χ4n) is 4.65. The number of aryl methyl sites for hydroxylation is 4. The van der Waals surface area contributed by atoms with Crippen molar-refractivity contribution in [3.8, 4) is 11.3 Å². The third-order valence-electron chi connectivity index (χ3n) is 6.49. The average Bonchev–Trinajstić information content (AvgIpc) is 3.27. The van der Waals surface area contributed by atoms with Gasteiger partial charge in [0.2, 0.25) is 5.91 Å². The van der Waals surface area contributed by atoms with Crippen molar-refractivity contribution in [2.45, 2.75) is 33.6 Å². The summed E-state index contributed by atoms with van der Waals surface area (Å²) < 4.78 is 2.12. The van der Waals surface area contributed by atoms with Gasteiger partial charge in [-0.1, -0.05) is 6.07 Å². The van der Waals surface area contributed by atoms with Gasteiger partial charge in [0.15, 0.2) is 5.65 Å². The number of hydrogen-bond acceptors (Lipinski definition) is 6. The van der Waals surface area contributed by atoms with E-state index in [0.29, 0.717) is 0 Å². The number of carbonyl (C=O) groups excluding carboxylic acids is 1. The molecule has 0 bridgehead atoms. The van der Waals surface area contributed by atoms with E-state index in [1.54, 1.807) is 6.92 Å². The van der Waals surface area contributed by atoms with Crippen LogP contribution >= 0.6 is 0 Å². The van der Waals surface area contributed by atoms with Crippen molar-refractivity contribution >= 4 is 17.4 Å². The first kappa shape index (κ1) is 22.0. The summed E-state index contributed by atoms with van der Waals surface area (Å²) in [6.07, 6.45) is 11.1. The van der Waals surface area contributed by atoms with E-state index >= 15 is 0 Å². The van der Waals surface area contributed by atoms with Gasteiger partial charge in [0.25, 0.3) is 0 Å². The fourth-order valence-corrected chi connectivity index (χ4v) is 4.65. The molecule has 8 heteroatoms. The predicted molar refractivity (Wildman–Crippen MR) is 132 cm³/mol. The molecule has 0 spiro atoms. The van der Waals surface area contributed by atoms with Crippen molar-refractivity contribution < 1.29 is 4.79 Å². The number of anilines is 1. The lowest BCUT2D eigenvalue weighted by molar-refractivity contribution is -0.129. The molecule has 34 heavy (non-hydrogen) atoms. The van der Waals surface area contributed by atoms with Crippen LogP contribution in [0.5, 0.6) is 0 Å². The Morgan fingerprint density at radius 1 is 0.941 bits per heavy atom. The van der Waals surface area contributed by atoms with E-state index in [1.165, 1.54) is 5.56 Å². The van der Waals surface area contributed by atoms with Crippen LogP contribution in [0.15, 0.2) is 49.2 Å². The Kier molecular flexibility index (Phi) is 5.96. The molecule has 1 aliphatic rings. The maximum absolute atomic E-state index is 11.6. The number of amides is 1. The number of pyridine rings is 2. The second-order valence-corrected chi connectivity index (χ2v) is 8.87. The molecule has 0 unspecified atom stereocenters. The van der Waals surface area contributed by atoms with Crippen LogP contribution in [-0.2, 0) is 17.6 Å². The average molecular weight is 456 g/mol. The van der Waals surface area contributed by atoms with Crippen LogP contribution in [0.3, 0.4) is 0 Å². The first-order chi connectivity index (χ1) is 16.5. The summed E-state index contributed by atoms with van der Waals surface area (Å²) in [6.45, 7) is 8.82. The SMILES string of the molecule is CC(=O)N1CCN(c2cnc3c(CCc4cnc(-c5ccnc(C)c5)c(C)c4)nccn23)CC1. The number of imidazole rings is 1. The topological polar surface area (TPSA) is 79.5 Å². The summed E-state index contributed by atoms with van der Waals surface area (Å²) in [5.41, 5.74) is 7.28. The molecular weight excluding hydrogens is 426 g/mol. The molecule has 0 aromatic carbocycles. The molecule has 0 aliphatic carbocycles. The molecule has 0 saturated carbocycles. The maximum Gasteiger partial charge on any atom is 0.219 e. The summed E-state index contributed by atoms with van der Waals surface area (Å²) in [7, 11) is 0. The Bertz CT molecular complexity index is 1340. The van der Waals surface area contributed by atoms with Crippen molar-refractivity contribution in [2.75, 3.05) is 31.1 Å². The number of fused-ring (bicyclic) bond motifs is 1. The smallest absolute Gasteiger partial charge is 0.219 e. The van der Waals surface area contributed by atoms with Gasteiger partial charge >= 0.3 is 0 Å². The molecule has 0 atom stereocenters.